The van der Waals surface area contributed by atoms with E-state index in [9.17, 15) is 9.18 Å². The van der Waals surface area contributed by atoms with Gasteiger partial charge in [0, 0.05) is 18.7 Å². The summed E-state index contributed by atoms with van der Waals surface area (Å²) in [6.45, 7) is 4.73. The summed E-state index contributed by atoms with van der Waals surface area (Å²) in [6, 6.07) is 8.05. The number of hydrogen-bond acceptors (Lipinski definition) is 4. The predicted molar refractivity (Wildman–Crippen MR) is 86.4 cm³/mol. The molecular weight excluding hydrogens is 297 g/mol. The van der Waals surface area contributed by atoms with E-state index in [2.05, 4.69) is 15.2 Å². The highest BCUT2D eigenvalue weighted by atomic mass is 19.1. The number of nitrogens with zero attached hydrogens (tertiary/aromatic N) is 2. The molecule has 0 bridgehead atoms. The minimum Gasteiger partial charge on any atom is -0.378 e. The van der Waals surface area contributed by atoms with E-state index < -0.39 is 5.82 Å². The van der Waals surface area contributed by atoms with Gasteiger partial charge in [-0.2, -0.15) is 0 Å². The SMILES string of the molecule is Cc1ccc(C(=O)Nc2ccc(N3CCOCC3)cn2)cc1F. The first-order valence-electron chi connectivity index (χ1n) is 7.50. The highest BCUT2D eigenvalue weighted by molar-refractivity contribution is 6.03. The quantitative estimate of drug-likeness (QED) is 0.946. The van der Waals surface area contributed by atoms with Crippen LogP contribution in [0, 0.1) is 12.7 Å². The Kier molecular flexibility index (Phi) is 4.52. The molecule has 2 aromatic rings. The summed E-state index contributed by atoms with van der Waals surface area (Å²) in [5.74, 6) is -0.336. The molecule has 1 aromatic heterocycles. The van der Waals surface area contributed by atoms with Crippen molar-refractivity contribution in [3.63, 3.8) is 0 Å². The molecule has 3 rings (SSSR count). The van der Waals surface area contributed by atoms with E-state index in [0.717, 1.165) is 18.8 Å². The van der Waals surface area contributed by atoms with Gasteiger partial charge in [0.05, 0.1) is 25.1 Å². The number of morpholine rings is 1. The molecule has 2 heterocycles. The molecule has 1 aliphatic rings. The fourth-order valence-electron chi connectivity index (χ4n) is 2.39. The van der Waals surface area contributed by atoms with Crippen LogP contribution >= 0.6 is 0 Å². The van der Waals surface area contributed by atoms with E-state index in [4.69, 9.17) is 4.74 Å². The minimum atomic E-state index is -0.395. The number of aromatic nitrogens is 1. The normalized spacial score (nSPS) is 14.6. The zero-order valence-electron chi connectivity index (χ0n) is 12.9. The van der Waals surface area contributed by atoms with Crippen molar-refractivity contribution in [3.8, 4) is 0 Å². The number of aryl methyl sites for hydroxylation is 1. The third kappa shape index (κ3) is 3.65. The van der Waals surface area contributed by atoms with E-state index >= 15 is 0 Å². The fraction of sp³-hybridized carbons (Fsp3) is 0.294. The molecule has 6 heteroatoms. The predicted octanol–water partition coefficient (Wildman–Crippen LogP) is 2.62. The van der Waals surface area contributed by atoms with Crippen LogP contribution in [0.25, 0.3) is 0 Å². The first kappa shape index (κ1) is 15.4. The zero-order valence-corrected chi connectivity index (χ0v) is 12.9. The first-order chi connectivity index (χ1) is 11.1. The summed E-state index contributed by atoms with van der Waals surface area (Å²) in [4.78, 5) is 18.5. The Morgan fingerprint density at radius 3 is 2.70 bits per heavy atom. The summed E-state index contributed by atoms with van der Waals surface area (Å²) in [7, 11) is 0. The van der Waals surface area contributed by atoms with E-state index in [1.165, 1.54) is 6.07 Å². The van der Waals surface area contributed by atoms with Crippen LogP contribution < -0.4 is 10.2 Å². The van der Waals surface area contributed by atoms with Crippen molar-refractivity contribution in [3.05, 3.63) is 53.5 Å². The van der Waals surface area contributed by atoms with Crippen LogP contribution in [0.2, 0.25) is 0 Å². The number of halogens is 1. The Morgan fingerprint density at radius 1 is 1.26 bits per heavy atom. The van der Waals surface area contributed by atoms with Gasteiger partial charge in [0.1, 0.15) is 11.6 Å². The molecule has 0 radical (unpaired) electrons. The van der Waals surface area contributed by atoms with Crippen LogP contribution in [0.5, 0.6) is 0 Å². The van der Waals surface area contributed by atoms with Gasteiger partial charge in [-0.1, -0.05) is 6.07 Å². The number of hydrogen-bond donors (Lipinski definition) is 1. The van der Waals surface area contributed by atoms with Gasteiger partial charge in [-0.3, -0.25) is 4.79 Å². The molecule has 0 aliphatic carbocycles. The van der Waals surface area contributed by atoms with E-state index in [1.807, 2.05) is 6.07 Å². The maximum Gasteiger partial charge on any atom is 0.256 e. The average Bonchev–Trinajstić information content (AvgIpc) is 2.59. The van der Waals surface area contributed by atoms with Gasteiger partial charge in [0.15, 0.2) is 0 Å². The summed E-state index contributed by atoms with van der Waals surface area (Å²) >= 11 is 0. The minimum absolute atomic E-state index is 0.271. The first-order valence-corrected chi connectivity index (χ1v) is 7.50. The molecule has 5 nitrogen and oxygen atoms in total. The number of carbonyl (C=O) groups excluding carboxylic acids is 1. The number of benzene rings is 1. The average molecular weight is 315 g/mol. The molecule has 1 aromatic carbocycles. The monoisotopic (exact) mass is 315 g/mol. The van der Waals surface area contributed by atoms with Crippen LogP contribution in [0.1, 0.15) is 15.9 Å². The summed E-state index contributed by atoms with van der Waals surface area (Å²) in [6.07, 6.45) is 1.72. The molecule has 23 heavy (non-hydrogen) atoms. The van der Waals surface area contributed by atoms with Crippen molar-refractivity contribution in [2.75, 3.05) is 36.5 Å². The zero-order chi connectivity index (χ0) is 16.2. The lowest BCUT2D eigenvalue weighted by molar-refractivity contribution is 0.102. The number of anilines is 2. The largest absolute Gasteiger partial charge is 0.378 e. The summed E-state index contributed by atoms with van der Waals surface area (Å²) in [5.41, 5.74) is 1.77. The standard InChI is InChI=1S/C17H18FN3O2/c1-12-2-3-13(10-15(12)18)17(22)20-16-5-4-14(11-19-16)21-6-8-23-9-7-21/h2-5,10-11H,6-9H2,1H3,(H,19,20,22). The Bertz CT molecular complexity index is 697. The van der Waals surface area contributed by atoms with Gasteiger partial charge in [-0.05, 0) is 36.8 Å². The summed E-state index contributed by atoms with van der Waals surface area (Å²) < 4.78 is 18.8. The molecule has 1 saturated heterocycles. The second-order valence-corrected chi connectivity index (χ2v) is 5.42. The Hall–Kier alpha value is -2.47. The lowest BCUT2D eigenvalue weighted by Gasteiger charge is -2.28. The molecule has 0 atom stereocenters. The van der Waals surface area contributed by atoms with Crippen LogP contribution in [0.4, 0.5) is 15.9 Å². The van der Waals surface area contributed by atoms with Gasteiger partial charge >= 0.3 is 0 Å². The van der Waals surface area contributed by atoms with E-state index in [0.29, 0.717) is 24.6 Å². The summed E-state index contributed by atoms with van der Waals surface area (Å²) in [5, 5.41) is 2.68. The molecule has 1 amide bonds. The molecule has 0 unspecified atom stereocenters. The maximum atomic E-state index is 13.5. The van der Waals surface area contributed by atoms with Crippen molar-refractivity contribution < 1.29 is 13.9 Å². The van der Waals surface area contributed by atoms with Gasteiger partial charge < -0.3 is 15.0 Å². The molecule has 1 N–H and O–H groups in total. The highest BCUT2D eigenvalue weighted by Crippen LogP contribution is 2.17. The van der Waals surface area contributed by atoms with Crippen LogP contribution in [0.3, 0.4) is 0 Å². The van der Waals surface area contributed by atoms with Gasteiger partial charge in [0.2, 0.25) is 0 Å². The van der Waals surface area contributed by atoms with Gasteiger partial charge in [-0.15, -0.1) is 0 Å². The lowest BCUT2D eigenvalue weighted by atomic mass is 10.1. The second kappa shape index (κ2) is 6.75. The number of ether oxygens (including phenoxy) is 1. The second-order valence-electron chi connectivity index (χ2n) is 5.42. The van der Waals surface area contributed by atoms with Crippen molar-refractivity contribution in [1.82, 2.24) is 4.98 Å². The van der Waals surface area contributed by atoms with Crippen LogP contribution in [-0.2, 0) is 4.74 Å². The van der Waals surface area contributed by atoms with Crippen molar-refractivity contribution >= 4 is 17.4 Å². The van der Waals surface area contributed by atoms with Gasteiger partial charge in [-0.25, -0.2) is 9.37 Å². The number of pyridine rings is 1. The Balaban J connectivity index is 1.67. The van der Waals surface area contributed by atoms with E-state index in [-0.39, 0.29) is 11.5 Å². The fourth-order valence-corrected chi connectivity index (χ4v) is 2.39. The number of carbonyl (C=O) groups is 1. The third-order valence-electron chi connectivity index (χ3n) is 3.80. The van der Waals surface area contributed by atoms with E-state index in [1.54, 1.807) is 31.3 Å². The molecule has 1 fully saturated rings. The smallest absolute Gasteiger partial charge is 0.256 e. The molecule has 1 aliphatic heterocycles. The van der Waals surface area contributed by atoms with Crippen LogP contribution in [0.15, 0.2) is 36.5 Å². The van der Waals surface area contributed by atoms with Crippen molar-refractivity contribution in [1.29, 1.82) is 0 Å². The maximum absolute atomic E-state index is 13.5. The lowest BCUT2D eigenvalue weighted by Crippen LogP contribution is -2.36. The third-order valence-corrected chi connectivity index (χ3v) is 3.80. The number of nitrogens with one attached hydrogen (secondary N) is 1. The molecule has 0 spiro atoms. The Labute approximate surface area is 134 Å². The molecular formula is C17H18FN3O2. The Morgan fingerprint density at radius 2 is 2.04 bits per heavy atom. The van der Waals surface area contributed by atoms with Crippen molar-refractivity contribution in [2.45, 2.75) is 6.92 Å². The molecule has 120 valence electrons. The van der Waals surface area contributed by atoms with Crippen molar-refractivity contribution in [2.24, 2.45) is 0 Å². The highest BCUT2D eigenvalue weighted by Gasteiger charge is 2.12. The molecule has 0 saturated carbocycles. The van der Waals surface area contributed by atoms with Crippen LogP contribution in [-0.4, -0.2) is 37.2 Å². The topological polar surface area (TPSA) is 54.5 Å². The number of amides is 1. The number of rotatable bonds is 3. The van der Waals surface area contributed by atoms with Gasteiger partial charge in [0.25, 0.3) is 5.91 Å².